The SMILES string of the molecule is CC(C)(C)C(CCN(C[C@H](O)c1cccc(Cl)c1)C(=O)O)c1ccc(S(=O)(=O)c2cccc(Oc3ccccc3C=O)c2)cc1. The van der Waals surface area contributed by atoms with Gasteiger partial charge >= 0.3 is 6.09 Å². The lowest BCUT2D eigenvalue weighted by atomic mass is 9.74. The molecule has 4 aromatic rings. The number of rotatable bonds is 12. The van der Waals surface area contributed by atoms with Gasteiger partial charge in [-0.2, -0.15) is 0 Å². The van der Waals surface area contributed by atoms with Crippen LogP contribution in [0.3, 0.4) is 0 Å². The van der Waals surface area contributed by atoms with Gasteiger partial charge in [0.05, 0.1) is 28.0 Å². The van der Waals surface area contributed by atoms with Crippen molar-refractivity contribution in [2.45, 2.75) is 49.0 Å². The quantitative estimate of drug-likeness (QED) is 0.149. The highest BCUT2D eigenvalue weighted by molar-refractivity contribution is 7.91. The van der Waals surface area contributed by atoms with E-state index in [2.05, 4.69) is 0 Å². The van der Waals surface area contributed by atoms with Crippen LogP contribution in [0.1, 0.15) is 60.7 Å². The van der Waals surface area contributed by atoms with E-state index in [-0.39, 0.29) is 40.0 Å². The fourth-order valence-corrected chi connectivity index (χ4v) is 6.69. The van der Waals surface area contributed by atoms with Gasteiger partial charge in [0.1, 0.15) is 11.5 Å². The van der Waals surface area contributed by atoms with E-state index in [0.29, 0.717) is 34.6 Å². The second-order valence-corrected chi connectivity index (χ2v) is 14.2. The maximum Gasteiger partial charge on any atom is 0.407 e. The van der Waals surface area contributed by atoms with Crippen molar-refractivity contribution < 1.29 is 33.0 Å². The van der Waals surface area contributed by atoms with Crippen molar-refractivity contribution in [2.75, 3.05) is 13.1 Å². The molecule has 8 nitrogen and oxygen atoms in total. The van der Waals surface area contributed by atoms with Gasteiger partial charge in [0.2, 0.25) is 9.84 Å². The molecule has 2 atom stereocenters. The number of ether oxygens (including phenoxy) is 1. The Morgan fingerprint density at radius 3 is 2.24 bits per heavy atom. The number of para-hydroxylation sites is 1. The number of benzene rings is 4. The predicted molar refractivity (Wildman–Crippen MR) is 173 cm³/mol. The standard InChI is InChI=1S/C35H36ClNO7S/c1-35(2,3)31(18-19-37(34(40)41)22-32(39)25-9-6-10-27(36)20-25)24-14-16-29(17-15-24)45(42,43)30-12-7-11-28(21-30)44-33-13-5-4-8-26(33)23-38/h4-17,20-21,23,31-32,39H,18-19,22H2,1-3H3,(H,40,41)/t31?,32-/m0/s1. The molecule has 0 aliphatic carbocycles. The van der Waals surface area contributed by atoms with Gasteiger partial charge in [0.15, 0.2) is 6.29 Å². The average molecular weight is 650 g/mol. The molecule has 2 N–H and O–H groups in total. The van der Waals surface area contributed by atoms with Crippen LogP contribution in [0.5, 0.6) is 11.5 Å². The lowest BCUT2D eigenvalue weighted by molar-refractivity contribution is 0.0928. The number of halogens is 1. The first-order chi connectivity index (χ1) is 21.3. The first-order valence-corrected chi connectivity index (χ1v) is 16.2. The molecule has 236 valence electrons. The van der Waals surface area contributed by atoms with Crippen LogP contribution in [0.15, 0.2) is 107 Å². The zero-order chi connectivity index (χ0) is 32.8. The zero-order valence-electron chi connectivity index (χ0n) is 25.3. The van der Waals surface area contributed by atoms with Crippen molar-refractivity contribution in [3.8, 4) is 11.5 Å². The number of carboxylic acid groups (broad SMARTS) is 1. The minimum Gasteiger partial charge on any atom is -0.465 e. The first kappa shape index (κ1) is 33.7. The van der Waals surface area contributed by atoms with Gasteiger partial charge < -0.3 is 19.8 Å². The highest BCUT2D eigenvalue weighted by Crippen LogP contribution is 2.39. The van der Waals surface area contributed by atoms with Crippen LogP contribution in [0.2, 0.25) is 5.02 Å². The van der Waals surface area contributed by atoms with E-state index in [4.69, 9.17) is 16.3 Å². The number of nitrogens with zero attached hydrogens (tertiary/aromatic N) is 1. The first-order valence-electron chi connectivity index (χ1n) is 14.4. The van der Waals surface area contributed by atoms with E-state index in [1.54, 1.807) is 84.9 Å². The van der Waals surface area contributed by atoms with E-state index in [1.807, 2.05) is 20.8 Å². The largest absolute Gasteiger partial charge is 0.465 e. The summed E-state index contributed by atoms with van der Waals surface area (Å²) in [4.78, 5) is 24.8. The molecule has 4 rings (SSSR count). The van der Waals surface area contributed by atoms with Crippen molar-refractivity contribution in [1.29, 1.82) is 0 Å². The number of aldehydes is 1. The number of aliphatic hydroxyl groups excluding tert-OH is 1. The summed E-state index contributed by atoms with van der Waals surface area (Å²) < 4.78 is 32.9. The van der Waals surface area contributed by atoms with Gasteiger partial charge in [-0.3, -0.25) is 4.79 Å². The number of hydrogen-bond donors (Lipinski definition) is 2. The van der Waals surface area contributed by atoms with E-state index in [0.717, 1.165) is 5.56 Å². The molecule has 0 aliphatic heterocycles. The molecule has 0 aromatic heterocycles. The van der Waals surface area contributed by atoms with Crippen molar-refractivity contribution in [3.63, 3.8) is 0 Å². The molecule has 0 saturated carbocycles. The molecule has 4 aromatic carbocycles. The Morgan fingerprint density at radius 2 is 1.60 bits per heavy atom. The van der Waals surface area contributed by atoms with Gasteiger partial charge in [0.25, 0.3) is 0 Å². The summed E-state index contributed by atoms with van der Waals surface area (Å²) in [5.74, 6) is 0.479. The average Bonchev–Trinajstić information content (AvgIpc) is 3.00. The van der Waals surface area contributed by atoms with Crippen molar-refractivity contribution >= 4 is 33.8 Å². The Labute approximate surface area is 268 Å². The number of hydrogen-bond acceptors (Lipinski definition) is 6. The van der Waals surface area contributed by atoms with Gasteiger partial charge in [-0.05, 0) is 83.5 Å². The molecule has 0 saturated heterocycles. The molecule has 0 spiro atoms. The lowest BCUT2D eigenvalue weighted by Gasteiger charge is -2.33. The summed E-state index contributed by atoms with van der Waals surface area (Å²) in [6.07, 6.45) is -1.07. The molecule has 0 aliphatic rings. The van der Waals surface area contributed by atoms with Gasteiger partial charge in [-0.1, -0.05) is 74.8 Å². The van der Waals surface area contributed by atoms with Crippen LogP contribution in [-0.4, -0.2) is 49.0 Å². The molecular weight excluding hydrogens is 614 g/mol. The molecule has 0 bridgehead atoms. The van der Waals surface area contributed by atoms with Crippen LogP contribution in [0.4, 0.5) is 4.79 Å². The van der Waals surface area contributed by atoms with E-state index in [9.17, 15) is 28.2 Å². The summed E-state index contributed by atoms with van der Waals surface area (Å²) in [6.45, 7) is 6.18. The Morgan fingerprint density at radius 1 is 0.911 bits per heavy atom. The lowest BCUT2D eigenvalue weighted by Crippen LogP contribution is -2.36. The Bertz CT molecular complexity index is 1750. The summed E-state index contributed by atoms with van der Waals surface area (Å²) in [5.41, 5.74) is 1.46. The third kappa shape index (κ3) is 8.51. The van der Waals surface area contributed by atoms with E-state index < -0.39 is 22.0 Å². The van der Waals surface area contributed by atoms with Gasteiger partial charge in [0, 0.05) is 11.6 Å². The van der Waals surface area contributed by atoms with Gasteiger partial charge in [-0.25, -0.2) is 13.2 Å². The van der Waals surface area contributed by atoms with Crippen LogP contribution in [0, 0.1) is 5.41 Å². The van der Waals surface area contributed by atoms with Crippen molar-refractivity contribution in [1.82, 2.24) is 4.90 Å². The summed E-state index contributed by atoms with van der Waals surface area (Å²) in [5, 5.41) is 21.0. The zero-order valence-corrected chi connectivity index (χ0v) is 26.8. The summed E-state index contributed by atoms with van der Waals surface area (Å²) in [6, 6.07) is 26.1. The van der Waals surface area contributed by atoms with Gasteiger partial charge in [-0.15, -0.1) is 0 Å². The second kappa shape index (κ2) is 14.3. The molecule has 1 unspecified atom stereocenters. The Hall–Kier alpha value is -4.18. The van der Waals surface area contributed by atoms with Crippen LogP contribution < -0.4 is 4.74 Å². The smallest absolute Gasteiger partial charge is 0.407 e. The maximum absolute atomic E-state index is 13.6. The fraction of sp³-hybridized carbons (Fsp3) is 0.257. The number of aliphatic hydroxyl groups is 1. The van der Waals surface area contributed by atoms with Crippen LogP contribution in [-0.2, 0) is 9.84 Å². The minimum absolute atomic E-state index is 0.0408. The molecule has 1 amide bonds. The Balaban J connectivity index is 1.51. The minimum atomic E-state index is -3.90. The van der Waals surface area contributed by atoms with Crippen LogP contribution in [0.25, 0.3) is 0 Å². The van der Waals surface area contributed by atoms with Crippen LogP contribution >= 0.6 is 11.6 Å². The highest BCUT2D eigenvalue weighted by atomic mass is 35.5. The molecule has 45 heavy (non-hydrogen) atoms. The van der Waals surface area contributed by atoms with E-state index in [1.165, 1.54) is 17.0 Å². The monoisotopic (exact) mass is 649 g/mol. The van der Waals surface area contributed by atoms with Crippen molar-refractivity contribution in [3.05, 3.63) is 119 Å². The topological polar surface area (TPSA) is 121 Å². The third-order valence-corrected chi connectivity index (χ3v) is 9.62. The van der Waals surface area contributed by atoms with E-state index >= 15 is 0 Å². The molecule has 0 heterocycles. The molecule has 0 radical (unpaired) electrons. The third-order valence-electron chi connectivity index (χ3n) is 7.61. The number of sulfone groups is 1. The molecule has 0 fully saturated rings. The van der Waals surface area contributed by atoms with Crippen molar-refractivity contribution in [2.24, 2.45) is 5.41 Å². The fourth-order valence-electron chi connectivity index (χ4n) is 5.20. The maximum atomic E-state index is 13.6. The Kier molecular flexibility index (Phi) is 10.7. The number of carbonyl (C=O) groups is 2. The summed E-state index contributed by atoms with van der Waals surface area (Å²) >= 11 is 6.03. The normalized spacial score (nSPS) is 13.1. The number of amides is 1. The molecule has 10 heteroatoms. The predicted octanol–water partition coefficient (Wildman–Crippen LogP) is 8.01. The molecular formula is C35H36ClNO7S. The number of carbonyl (C=O) groups excluding carboxylic acids is 1. The summed E-state index contributed by atoms with van der Waals surface area (Å²) in [7, 11) is -3.90. The highest BCUT2D eigenvalue weighted by Gasteiger charge is 2.29. The second-order valence-electron chi connectivity index (χ2n) is 11.8.